The molecule has 2 amide bonds. The summed E-state index contributed by atoms with van der Waals surface area (Å²) in [6.07, 6.45) is 5.34. The number of halogens is 2. The van der Waals surface area contributed by atoms with E-state index in [4.69, 9.17) is 0 Å². The molecule has 134 valence electrons. The maximum atomic E-state index is 14.4. The summed E-state index contributed by atoms with van der Waals surface area (Å²) in [5.41, 5.74) is -0.564. The number of rotatable bonds is 3. The Bertz CT molecular complexity index is 693. The molecule has 1 aliphatic carbocycles. The predicted molar refractivity (Wildman–Crippen MR) is 87.1 cm³/mol. The van der Waals surface area contributed by atoms with Crippen molar-refractivity contribution in [2.45, 2.75) is 38.0 Å². The zero-order chi connectivity index (χ0) is 17.7. The number of anilines is 1. The Labute approximate surface area is 145 Å². The van der Waals surface area contributed by atoms with Crippen molar-refractivity contribution in [3.8, 4) is 0 Å². The SMILES string of the molecule is O=C(CC1CC1)N1CC(F)(F)C[C@]2(CCN(c3cccnc3)C2=O)C1. The number of pyridine rings is 1. The first-order chi connectivity index (χ1) is 11.9. The van der Waals surface area contributed by atoms with Crippen molar-refractivity contribution in [1.29, 1.82) is 0 Å². The summed E-state index contributed by atoms with van der Waals surface area (Å²) in [5.74, 6) is -3.25. The molecular formula is C18H21F2N3O2. The Morgan fingerprint density at radius 2 is 2.12 bits per heavy atom. The summed E-state index contributed by atoms with van der Waals surface area (Å²) in [7, 11) is 0. The molecule has 1 aromatic rings. The van der Waals surface area contributed by atoms with Gasteiger partial charge in [0.2, 0.25) is 11.8 Å². The monoisotopic (exact) mass is 349 g/mol. The highest BCUT2D eigenvalue weighted by atomic mass is 19.3. The molecule has 0 unspecified atom stereocenters. The molecule has 4 rings (SSSR count). The van der Waals surface area contributed by atoms with Crippen LogP contribution in [-0.2, 0) is 9.59 Å². The number of likely N-dealkylation sites (tertiary alicyclic amines) is 1. The van der Waals surface area contributed by atoms with Crippen molar-refractivity contribution in [3.63, 3.8) is 0 Å². The highest BCUT2D eigenvalue weighted by molar-refractivity contribution is 6.00. The molecule has 5 nitrogen and oxygen atoms in total. The van der Waals surface area contributed by atoms with Gasteiger partial charge in [-0.1, -0.05) is 0 Å². The fraction of sp³-hybridized carbons (Fsp3) is 0.611. The van der Waals surface area contributed by atoms with E-state index in [1.807, 2.05) is 0 Å². The number of aromatic nitrogens is 1. The molecule has 1 spiro atoms. The minimum Gasteiger partial charge on any atom is -0.336 e. The number of piperidine rings is 1. The third kappa shape index (κ3) is 3.12. The highest BCUT2D eigenvalue weighted by Crippen LogP contribution is 2.47. The lowest BCUT2D eigenvalue weighted by Crippen LogP contribution is -2.57. The summed E-state index contributed by atoms with van der Waals surface area (Å²) in [4.78, 5) is 32.1. The molecule has 0 bridgehead atoms. The van der Waals surface area contributed by atoms with Gasteiger partial charge in [-0.05, 0) is 37.3 Å². The maximum Gasteiger partial charge on any atom is 0.266 e. The summed E-state index contributed by atoms with van der Waals surface area (Å²) < 4.78 is 28.8. The van der Waals surface area contributed by atoms with Crippen LogP contribution < -0.4 is 4.90 Å². The smallest absolute Gasteiger partial charge is 0.266 e. The van der Waals surface area contributed by atoms with Gasteiger partial charge in [0.25, 0.3) is 5.92 Å². The molecule has 2 aliphatic heterocycles. The Morgan fingerprint density at radius 1 is 1.32 bits per heavy atom. The van der Waals surface area contributed by atoms with Crippen LogP contribution in [0.5, 0.6) is 0 Å². The van der Waals surface area contributed by atoms with E-state index in [2.05, 4.69) is 4.98 Å². The van der Waals surface area contributed by atoms with E-state index in [0.29, 0.717) is 31.0 Å². The third-order valence-corrected chi connectivity index (χ3v) is 5.50. The minimum atomic E-state index is -3.03. The van der Waals surface area contributed by atoms with Gasteiger partial charge in [0, 0.05) is 32.1 Å². The van der Waals surface area contributed by atoms with Gasteiger partial charge in [-0.3, -0.25) is 14.6 Å². The standard InChI is InChI=1S/C18H21F2N3O2/c19-18(20)10-17(11-22(12-18)15(24)8-13-3-4-13)5-7-23(16(17)25)14-2-1-6-21-9-14/h1-2,6,9,13H,3-5,7-8,10-12H2/t17-/m1/s1. The number of carbonyl (C=O) groups excluding carboxylic acids is 2. The molecule has 0 aromatic carbocycles. The quantitative estimate of drug-likeness (QED) is 0.842. The van der Waals surface area contributed by atoms with Gasteiger partial charge in [0.05, 0.1) is 23.8 Å². The topological polar surface area (TPSA) is 53.5 Å². The first kappa shape index (κ1) is 16.4. The number of amides is 2. The second-order valence-electron chi connectivity index (χ2n) is 7.63. The molecule has 3 aliphatic rings. The van der Waals surface area contributed by atoms with E-state index < -0.39 is 24.3 Å². The van der Waals surface area contributed by atoms with Gasteiger partial charge in [-0.25, -0.2) is 8.78 Å². The Morgan fingerprint density at radius 3 is 2.80 bits per heavy atom. The fourth-order valence-electron chi connectivity index (χ4n) is 4.07. The Balaban J connectivity index is 1.57. The largest absolute Gasteiger partial charge is 0.336 e. The van der Waals surface area contributed by atoms with Crippen molar-refractivity contribution >= 4 is 17.5 Å². The fourth-order valence-corrected chi connectivity index (χ4v) is 4.07. The molecule has 2 saturated heterocycles. The molecule has 1 saturated carbocycles. The van der Waals surface area contributed by atoms with E-state index in [1.54, 1.807) is 24.5 Å². The number of hydrogen-bond acceptors (Lipinski definition) is 3. The third-order valence-electron chi connectivity index (χ3n) is 5.50. The maximum absolute atomic E-state index is 14.4. The summed E-state index contributed by atoms with van der Waals surface area (Å²) in [5, 5.41) is 0. The Kier molecular flexibility index (Phi) is 3.77. The van der Waals surface area contributed by atoms with E-state index in [9.17, 15) is 18.4 Å². The van der Waals surface area contributed by atoms with Gasteiger partial charge in [0.15, 0.2) is 0 Å². The van der Waals surface area contributed by atoms with Gasteiger partial charge in [-0.15, -0.1) is 0 Å². The molecule has 0 radical (unpaired) electrons. The van der Waals surface area contributed by atoms with Crippen LogP contribution in [0.1, 0.15) is 32.1 Å². The highest BCUT2D eigenvalue weighted by Gasteiger charge is 2.58. The molecule has 1 aromatic heterocycles. The van der Waals surface area contributed by atoms with Crippen LogP contribution in [0.4, 0.5) is 14.5 Å². The van der Waals surface area contributed by atoms with E-state index in [1.165, 1.54) is 9.80 Å². The van der Waals surface area contributed by atoms with Crippen LogP contribution in [0.15, 0.2) is 24.5 Å². The van der Waals surface area contributed by atoms with Gasteiger partial charge in [0.1, 0.15) is 0 Å². The second kappa shape index (κ2) is 5.75. The van der Waals surface area contributed by atoms with E-state index in [-0.39, 0.29) is 18.4 Å². The van der Waals surface area contributed by atoms with Crippen molar-refractivity contribution in [3.05, 3.63) is 24.5 Å². The molecule has 25 heavy (non-hydrogen) atoms. The first-order valence-electron chi connectivity index (χ1n) is 8.76. The van der Waals surface area contributed by atoms with Crippen LogP contribution in [0.2, 0.25) is 0 Å². The molecular weight excluding hydrogens is 328 g/mol. The number of carbonyl (C=O) groups is 2. The number of alkyl halides is 2. The van der Waals surface area contributed by atoms with Crippen LogP contribution in [0.3, 0.4) is 0 Å². The average Bonchev–Trinajstić information content (AvgIpc) is 3.33. The number of nitrogens with zero attached hydrogens (tertiary/aromatic N) is 3. The lowest BCUT2D eigenvalue weighted by Gasteiger charge is -2.43. The van der Waals surface area contributed by atoms with Crippen LogP contribution in [0, 0.1) is 11.3 Å². The van der Waals surface area contributed by atoms with Crippen molar-refractivity contribution < 1.29 is 18.4 Å². The minimum absolute atomic E-state index is 0.101. The van der Waals surface area contributed by atoms with Crippen molar-refractivity contribution in [2.75, 3.05) is 24.5 Å². The number of hydrogen-bond donors (Lipinski definition) is 0. The lowest BCUT2D eigenvalue weighted by molar-refractivity contribution is -0.159. The predicted octanol–water partition coefficient (Wildman–Crippen LogP) is 2.47. The molecule has 0 N–H and O–H groups in total. The van der Waals surface area contributed by atoms with Gasteiger partial charge >= 0.3 is 0 Å². The molecule has 3 heterocycles. The van der Waals surface area contributed by atoms with Crippen LogP contribution in [0.25, 0.3) is 0 Å². The normalized spacial score (nSPS) is 28.6. The molecule has 1 atom stereocenters. The van der Waals surface area contributed by atoms with Crippen LogP contribution in [-0.4, -0.2) is 47.3 Å². The van der Waals surface area contributed by atoms with E-state index in [0.717, 1.165) is 12.8 Å². The van der Waals surface area contributed by atoms with E-state index >= 15 is 0 Å². The second-order valence-corrected chi connectivity index (χ2v) is 7.63. The zero-order valence-electron chi connectivity index (χ0n) is 14.0. The first-order valence-corrected chi connectivity index (χ1v) is 8.76. The van der Waals surface area contributed by atoms with Gasteiger partial charge in [-0.2, -0.15) is 0 Å². The lowest BCUT2D eigenvalue weighted by atomic mass is 9.76. The molecule has 3 fully saturated rings. The summed E-state index contributed by atoms with van der Waals surface area (Å²) in [6, 6.07) is 3.47. The van der Waals surface area contributed by atoms with Crippen molar-refractivity contribution in [1.82, 2.24) is 9.88 Å². The average molecular weight is 349 g/mol. The zero-order valence-corrected chi connectivity index (χ0v) is 14.0. The summed E-state index contributed by atoms with van der Waals surface area (Å²) in [6.45, 7) is -0.0878. The molecule has 7 heteroatoms. The van der Waals surface area contributed by atoms with Crippen LogP contribution >= 0.6 is 0 Å². The summed E-state index contributed by atoms with van der Waals surface area (Å²) >= 11 is 0. The van der Waals surface area contributed by atoms with Gasteiger partial charge < -0.3 is 9.80 Å². The Hall–Kier alpha value is -2.05. The van der Waals surface area contributed by atoms with Crippen molar-refractivity contribution in [2.24, 2.45) is 11.3 Å².